The first-order valence-electron chi connectivity index (χ1n) is 7.07. The molecule has 4 nitrogen and oxygen atoms in total. The summed E-state index contributed by atoms with van der Waals surface area (Å²) in [6.45, 7) is 4.19. The highest BCUT2D eigenvalue weighted by Crippen LogP contribution is 2.27. The molecule has 21 heavy (non-hydrogen) atoms. The van der Waals surface area contributed by atoms with Gasteiger partial charge in [0.25, 0.3) is 0 Å². The van der Waals surface area contributed by atoms with Crippen LogP contribution < -0.4 is 10.1 Å². The highest BCUT2D eigenvalue weighted by molar-refractivity contribution is 6.34. The van der Waals surface area contributed by atoms with E-state index in [0.717, 1.165) is 19.4 Å². The van der Waals surface area contributed by atoms with Gasteiger partial charge in [-0.3, -0.25) is 0 Å². The predicted octanol–water partition coefficient (Wildman–Crippen LogP) is 2.89. The minimum atomic E-state index is -0.626. The Balaban J connectivity index is 1.76. The lowest BCUT2D eigenvalue weighted by Crippen LogP contribution is -2.51. The van der Waals surface area contributed by atoms with Gasteiger partial charge in [-0.1, -0.05) is 23.2 Å². The number of aliphatic hydroxyl groups is 1. The Morgan fingerprint density at radius 2 is 2.29 bits per heavy atom. The van der Waals surface area contributed by atoms with Gasteiger partial charge in [-0.05, 0) is 31.9 Å². The zero-order chi connectivity index (χ0) is 15.3. The second-order valence-electron chi connectivity index (χ2n) is 5.64. The van der Waals surface area contributed by atoms with E-state index in [4.69, 9.17) is 32.7 Å². The van der Waals surface area contributed by atoms with Crippen molar-refractivity contribution in [1.29, 1.82) is 0 Å². The standard InChI is InChI=1S/C15H21Cl2NO3/c1-15(5-2-6-20-10-15)18-8-12(19)9-21-14-7-11(16)3-4-13(14)17/h3-4,7,12,18-19H,2,5-6,8-10H2,1H3. The summed E-state index contributed by atoms with van der Waals surface area (Å²) in [6, 6.07) is 5.00. The molecule has 0 aliphatic carbocycles. The topological polar surface area (TPSA) is 50.7 Å². The highest BCUT2D eigenvalue weighted by Gasteiger charge is 2.27. The molecule has 1 heterocycles. The van der Waals surface area contributed by atoms with Crippen molar-refractivity contribution < 1.29 is 14.6 Å². The Morgan fingerprint density at radius 3 is 3.00 bits per heavy atom. The average Bonchev–Trinajstić information content (AvgIpc) is 2.47. The van der Waals surface area contributed by atoms with Gasteiger partial charge in [0.05, 0.1) is 11.6 Å². The first-order valence-corrected chi connectivity index (χ1v) is 7.83. The molecular weight excluding hydrogens is 313 g/mol. The molecule has 1 saturated heterocycles. The van der Waals surface area contributed by atoms with E-state index in [2.05, 4.69) is 12.2 Å². The molecule has 2 atom stereocenters. The van der Waals surface area contributed by atoms with Gasteiger partial charge < -0.3 is 19.9 Å². The van der Waals surface area contributed by atoms with Gasteiger partial charge in [-0.15, -0.1) is 0 Å². The van der Waals surface area contributed by atoms with E-state index in [1.807, 2.05) is 0 Å². The number of hydrogen-bond acceptors (Lipinski definition) is 4. The van der Waals surface area contributed by atoms with Crippen LogP contribution in [0.5, 0.6) is 5.75 Å². The number of rotatable bonds is 6. The maximum atomic E-state index is 10.0. The van der Waals surface area contributed by atoms with Crippen LogP contribution in [0.1, 0.15) is 19.8 Å². The van der Waals surface area contributed by atoms with Gasteiger partial charge >= 0.3 is 0 Å². The van der Waals surface area contributed by atoms with E-state index in [0.29, 0.717) is 28.9 Å². The number of hydrogen-bond donors (Lipinski definition) is 2. The van der Waals surface area contributed by atoms with Crippen molar-refractivity contribution in [2.45, 2.75) is 31.4 Å². The van der Waals surface area contributed by atoms with Gasteiger partial charge in [0.2, 0.25) is 0 Å². The molecule has 1 fully saturated rings. The number of halogens is 2. The number of benzene rings is 1. The quantitative estimate of drug-likeness (QED) is 0.840. The fourth-order valence-corrected chi connectivity index (χ4v) is 2.60. The predicted molar refractivity (Wildman–Crippen MR) is 84.4 cm³/mol. The van der Waals surface area contributed by atoms with Crippen LogP contribution in [0.25, 0.3) is 0 Å². The van der Waals surface area contributed by atoms with E-state index in [9.17, 15) is 5.11 Å². The van der Waals surface area contributed by atoms with Crippen LogP contribution in [0.3, 0.4) is 0 Å². The molecule has 2 N–H and O–H groups in total. The Morgan fingerprint density at radius 1 is 1.48 bits per heavy atom. The van der Waals surface area contributed by atoms with Crippen LogP contribution in [0.4, 0.5) is 0 Å². The Hall–Kier alpha value is -0.520. The van der Waals surface area contributed by atoms with Crippen LogP contribution in [-0.2, 0) is 4.74 Å². The van der Waals surface area contributed by atoms with Crippen molar-refractivity contribution in [2.75, 3.05) is 26.4 Å². The molecule has 1 aromatic rings. The molecule has 0 spiro atoms. The second kappa shape index (κ2) is 7.65. The second-order valence-corrected chi connectivity index (χ2v) is 6.48. The van der Waals surface area contributed by atoms with Crippen LogP contribution in [0.2, 0.25) is 10.0 Å². The molecule has 1 aliphatic rings. The van der Waals surface area contributed by atoms with Crippen LogP contribution in [0.15, 0.2) is 18.2 Å². The molecule has 6 heteroatoms. The average molecular weight is 334 g/mol. The molecule has 2 unspecified atom stereocenters. The van der Waals surface area contributed by atoms with Crippen LogP contribution in [-0.4, -0.2) is 43.1 Å². The van der Waals surface area contributed by atoms with Gasteiger partial charge in [-0.25, -0.2) is 0 Å². The zero-order valence-electron chi connectivity index (χ0n) is 12.1. The Kier molecular flexibility index (Phi) is 6.14. The number of ether oxygens (including phenoxy) is 2. The van der Waals surface area contributed by atoms with Gasteiger partial charge in [0, 0.05) is 29.8 Å². The molecule has 0 aromatic heterocycles. The molecule has 0 radical (unpaired) electrons. The van der Waals surface area contributed by atoms with E-state index in [-0.39, 0.29) is 12.1 Å². The minimum absolute atomic E-state index is 0.0765. The molecule has 1 aliphatic heterocycles. The monoisotopic (exact) mass is 333 g/mol. The Labute approximate surface area is 135 Å². The number of nitrogens with one attached hydrogen (secondary N) is 1. The number of aliphatic hydroxyl groups excluding tert-OH is 1. The fraction of sp³-hybridized carbons (Fsp3) is 0.600. The highest BCUT2D eigenvalue weighted by atomic mass is 35.5. The smallest absolute Gasteiger partial charge is 0.139 e. The van der Waals surface area contributed by atoms with Crippen LogP contribution >= 0.6 is 23.2 Å². The summed E-state index contributed by atoms with van der Waals surface area (Å²) in [6.07, 6.45) is 1.45. The third-order valence-electron chi connectivity index (χ3n) is 3.53. The van der Waals surface area contributed by atoms with E-state index in [1.165, 1.54) is 0 Å². The van der Waals surface area contributed by atoms with Crippen molar-refractivity contribution in [3.05, 3.63) is 28.2 Å². The maximum absolute atomic E-state index is 10.0. The third-order valence-corrected chi connectivity index (χ3v) is 4.07. The van der Waals surface area contributed by atoms with Crippen molar-refractivity contribution >= 4 is 23.2 Å². The maximum Gasteiger partial charge on any atom is 0.139 e. The number of β-amino-alcohol motifs (C(OH)–C–C–N with tert-alkyl or cyclic N) is 1. The molecular formula is C15H21Cl2NO3. The van der Waals surface area contributed by atoms with Gasteiger partial charge in [0.1, 0.15) is 18.5 Å². The normalized spacial score (nSPS) is 23.8. The summed E-state index contributed by atoms with van der Waals surface area (Å²) in [5, 5.41) is 14.4. The van der Waals surface area contributed by atoms with Crippen molar-refractivity contribution in [3.8, 4) is 5.75 Å². The Bertz CT molecular complexity index is 464. The first kappa shape index (κ1) is 16.8. The van der Waals surface area contributed by atoms with Gasteiger partial charge in [0.15, 0.2) is 0 Å². The van der Waals surface area contributed by atoms with E-state index >= 15 is 0 Å². The minimum Gasteiger partial charge on any atom is -0.489 e. The first-order chi connectivity index (χ1) is 9.98. The summed E-state index contributed by atoms with van der Waals surface area (Å²) in [5.74, 6) is 0.482. The molecule has 0 bridgehead atoms. The third kappa shape index (κ3) is 5.31. The molecule has 2 rings (SSSR count). The van der Waals surface area contributed by atoms with E-state index in [1.54, 1.807) is 18.2 Å². The fourth-order valence-electron chi connectivity index (χ4n) is 2.27. The largest absolute Gasteiger partial charge is 0.489 e. The van der Waals surface area contributed by atoms with Crippen molar-refractivity contribution in [1.82, 2.24) is 5.32 Å². The molecule has 0 saturated carbocycles. The summed E-state index contributed by atoms with van der Waals surface area (Å²) in [4.78, 5) is 0. The zero-order valence-corrected chi connectivity index (χ0v) is 13.6. The lowest BCUT2D eigenvalue weighted by Gasteiger charge is -2.35. The summed E-state index contributed by atoms with van der Waals surface area (Å²) in [5.41, 5.74) is -0.0765. The van der Waals surface area contributed by atoms with E-state index < -0.39 is 6.10 Å². The molecule has 118 valence electrons. The SMILES string of the molecule is CC1(NCC(O)COc2cc(Cl)ccc2Cl)CCCOC1. The van der Waals surface area contributed by atoms with Crippen molar-refractivity contribution in [3.63, 3.8) is 0 Å². The summed E-state index contributed by atoms with van der Waals surface area (Å²) < 4.78 is 11.0. The summed E-state index contributed by atoms with van der Waals surface area (Å²) in [7, 11) is 0. The molecule has 0 amide bonds. The lowest BCUT2D eigenvalue weighted by molar-refractivity contribution is 0.0184. The molecule has 1 aromatic carbocycles. The van der Waals surface area contributed by atoms with Gasteiger partial charge in [-0.2, -0.15) is 0 Å². The van der Waals surface area contributed by atoms with Crippen LogP contribution in [0, 0.1) is 0 Å². The van der Waals surface area contributed by atoms with Crippen molar-refractivity contribution in [2.24, 2.45) is 0 Å². The lowest BCUT2D eigenvalue weighted by atomic mass is 9.95. The summed E-state index contributed by atoms with van der Waals surface area (Å²) >= 11 is 11.9.